The zero-order valence-corrected chi connectivity index (χ0v) is 7.78. The molecule has 0 unspecified atom stereocenters. The molecule has 0 saturated carbocycles. The van der Waals surface area contributed by atoms with Crippen LogP contribution in [0.15, 0.2) is 17.8 Å². The van der Waals surface area contributed by atoms with E-state index in [1.165, 1.54) is 12.7 Å². The molecule has 0 fully saturated rings. The molecule has 1 N–H and O–H groups in total. The highest BCUT2D eigenvalue weighted by molar-refractivity contribution is 6.34. The average Bonchev–Trinajstić information content (AvgIpc) is 2.56. The largest absolute Gasteiger partial charge is 0.475 e. The number of hydrogen-bond acceptors (Lipinski definition) is 5. The first-order chi connectivity index (χ1) is 6.61. The van der Waals surface area contributed by atoms with Crippen LogP contribution in [0.25, 0.3) is 0 Å². The van der Waals surface area contributed by atoms with Gasteiger partial charge in [0.2, 0.25) is 0 Å². The number of aromatic nitrogens is 3. The Kier molecular flexibility index (Phi) is 3.16. The molecule has 0 aliphatic rings. The zero-order chi connectivity index (χ0) is 10.6. The molecule has 7 heteroatoms. The topological polar surface area (TPSA) is 89.6 Å². The van der Waals surface area contributed by atoms with Crippen LogP contribution in [0.2, 0.25) is 0 Å². The van der Waals surface area contributed by atoms with E-state index in [1.807, 2.05) is 0 Å². The van der Waals surface area contributed by atoms with Gasteiger partial charge in [-0.2, -0.15) is 9.78 Å². The molecule has 0 bridgehead atoms. The van der Waals surface area contributed by atoms with Crippen molar-refractivity contribution in [3.63, 3.8) is 0 Å². The highest BCUT2D eigenvalue weighted by atomic mass is 16.6. The van der Waals surface area contributed by atoms with Crippen molar-refractivity contribution in [3.8, 4) is 0 Å². The van der Waals surface area contributed by atoms with Gasteiger partial charge in [0, 0.05) is 0 Å². The first kappa shape index (κ1) is 10.2. The van der Waals surface area contributed by atoms with Crippen LogP contribution in [0.3, 0.4) is 0 Å². The first-order valence-corrected chi connectivity index (χ1v) is 3.93. The molecule has 0 spiro atoms. The average molecular weight is 198 g/mol. The fourth-order valence-electron chi connectivity index (χ4n) is 0.652. The van der Waals surface area contributed by atoms with Crippen molar-refractivity contribution in [2.45, 2.75) is 20.0 Å². The Labute approximate surface area is 80.0 Å². The minimum absolute atomic E-state index is 0.187. The van der Waals surface area contributed by atoms with Gasteiger partial charge in [0.1, 0.15) is 18.8 Å². The second-order valence-electron chi connectivity index (χ2n) is 2.71. The van der Waals surface area contributed by atoms with Crippen molar-refractivity contribution in [1.82, 2.24) is 14.8 Å². The smallest absolute Gasteiger partial charge is 0.377 e. The molecule has 0 aliphatic heterocycles. The van der Waals surface area contributed by atoms with Crippen LogP contribution in [-0.4, -0.2) is 37.8 Å². The molecule has 0 saturated heterocycles. The molecule has 0 aliphatic carbocycles. The lowest BCUT2D eigenvalue weighted by atomic mass is 10.5. The Morgan fingerprint density at radius 2 is 2.36 bits per heavy atom. The molecule has 0 aromatic carbocycles. The summed E-state index contributed by atoms with van der Waals surface area (Å²) in [5.41, 5.74) is 0. The first-order valence-electron chi connectivity index (χ1n) is 3.93. The third-order valence-corrected chi connectivity index (χ3v) is 1.18. The van der Waals surface area contributed by atoms with Crippen molar-refractivity contribution in [2.75, 3.05) is 0 Å². The van der Waals surface area contributed by atoms with Crippen molar-refractivity contribution in [3.05, 3.63) is 12.7 Å². The van der Waals surface area contributed by atoms with E-state index in [0.717, 1.165) is 4.68 Å². The third kappa shape index (κ3) is 2.54. The van der Waals surface area contributed by atoms with E-state index in [-0.39, 0.29) is 11.9 Å². The Morgan fingerprint density at radius 1 is 1.64 bits per heavy atom. The van der Waals surface area contributed by atoms with Crippen LogP contribution in [0.4, 0.5) is 0 Å². The van der Waals surface area contributed by atoms with E-state index < -0.39 is 5.97 Å². The molecular formula is C7H10N4O3. The van der Waals surface area contributed by atoms with E-state index in [2.05, 4.69) is 15.2 Å². The van der Waals surface area contributed by atoms with Crippen LogP contribution in [0, 0.1) is 0 Å². The minimum Gasteiger partial charge on any atom is -0.475 e. The molecule has 1 aromatic rings. The Balaban J connectivity index is 2.85. The third-order valence-electron chi connectivity index (χ3n) is 1.18. The van der Waals surface area contributed by atoms with Crippen LogP contribution >= 0.6 is 0 Å². The van der Waals surface area contributed by atoms with E-state index in [4.69, 9.17) is 9.94 Å². The predicted molar refractivity (Wildman–Crippen MR) is 46.7 cm³/mol. The molecule has 0 atom stereocenters. The molecule has 1 heterocycles. The van der Waals surface area contributed by atoms with E-state index in [1.54, 1.807) is 13.8 Å². The summed E-state index contributed by atoms with van der Waals surface area (Å²) < 4.78 is 1.02. The summed E-state index contributed by atoms with van der Waals surface area (Å²) in [5, 5.41) is 15.8. The van der Waals surface area contributed by atoms with Gasteiger partial charge in [-0.05, 0) is 13.8 Å². The molecule has 0 amide bonds. The molecule has 0 radical (unpaired) electrons. The van der Waals surface area contributed by atoms with Crippen LogP contribution in [-0.2, 0) is 9.63 Å². The second kappa shape index (κ2) is 4.35. The normalized spacial score (nSPS) is 11.8. The maximum Gasteiger partial charge on any atom is 0.377 e. The zero-order valence-electron chi connectivity index (χ0n) is 7.78. The predicted octanol–water partition coefficient (Wildman–Crippen LogP) is -0.0507. The summed E-state index contributed by atoms with van der Waals surface area (Å²) in [6.07, 6.45) is 2.26. The number of rotatable bonds is 2. The number of carboxylic acid groups (broad SMARTS) is 1. The van der Waals surface area contributed by atoms with Crippen LogP contribution in [0.5, 0.6) is 0 Å². The van der Waals surface area contributed by atoms with Gasteiger partial charge in [-0.3, -0.25) is 0 Å². The minimum atomic E-state index is -1.23. The Bertz CT molecular complexity index is 331. The van der Waals surface area contributed by atoms with E-state index in [9.17, 15) is 4.79 Å². The SMILES string of the molecule is CC(C)O/N=C(\C(=O)O)n1cncn1. The molecule has 1 aromatic heterocycles. The lowest BCUT2D eigenvalue weighted by Crippen LogP contribution is -2.23. The summed E-state index contributed by atoms with van der Waals surface area (Å²) >= 11 is 0. The number of oxime groups is 1. The Morgan fingerprint density at radius 3 is 2.79 bits per heavy atom. The lowest BCUT2D eigenvalue weighted by molar-refractivity contribution is -0.129. The molecule has 7 nitrogen and oxygen atoms in total. The van der Waals surface area contributed by atoms with Crippen molar-refractivity contribution >= 4 is 11.8 Å². The summed E-state index contributed by atoms with van der Waals surface area (Å²) in [6, 6.07) is 0. The highest BCUT2D eigenvalue weighted by Gasteiger charge is 2.13. The van der Waals surface area contributed by atoms with Gasteiger partial charge in [-0.15, -0.1) is 0 Å². The molecule has 1 rings (SSSR count). The fourth-order valence-corrected chi connectivity index (χ4v) is 0.652. The number of nitrogens with zero attached hydrogens (tertiary/aromatic N) is 4. The number of hydrogen-bond donors (Lipinski definition) is 1. The second-order valence-corrected chi connectivity index (χ2v) is 2.71. The summed E-state index contributed by atoms with van der Waals surface area (Å²) in [7, 11) is 0. The van der Waals surface area contributed by atoms with E-state index >= 15 is 0 Å². The standard InChI is InChI=1S/C7H10N4O3/c1-5(2)14-10-6(7(12)13)11-4-8-3-9-11/h3-5H,1-2H3,(H,12,13)/b10-6+. The summed E-state index contributed by atoms with van der Waals surface area (Å²) in [5.74, 6) is -1.55. The van der Waals surface area contributed by atoms with Gasteiger partial charge in [0.15, 0.2) is 0 Å². The van der Waals surface area contributed by atoms with Crippen molar-refractivity contribution < 1.29 is 14.7 Å². The monoisotopic (exact) mass is 198 g/mol. The number of carbonyl (C=O) groups is 1. The molecular weight excluding hydrogens is 188 g/mol. The number of aliphatic carboxylic acids is 1. The fraction of sp³-hybridized carbons (Fsp3) is 0.429. The lowest BCUT2D eigenvalue weighted by Gasteiger charge is -2.03. The quantitative estimate of drug-likeness (QED) is 0.408. The van der Waals surface area contributed by atoms with Crippen LogP contribution in [0.1, 0.15) is 13.8 Å². The van der Waals surface area contributed by atoms with Gasteiger partial charge in [-0.1, -0.05) is 5.16 Å². The van der Waals surface area contributed by atoms with Crippen molar-refractivity contribution in [2.24, 2.45) is 5.16 Å². The van der Waals surface area contributed by atoms with Gasteiger partial charge in [0.05, 0.1) is 0 Å². The maximum atomic E-state index is 10.7. The van der Waals surface area contributed by atoms with Gasteiger partial charge < -0.3 is 9.94 Å². The Hall–Kier alpha value is -1.92. The summed E-state index contributed by atoms with van der Waals surface area (Å²) in [4.78, 5) is 19.1. The van der Waals surface area contributed by atoms with Crippen LogP contribution < -0.4 is 0 Å². The van der Waals surface area contributed by atoms with Crippen molar-refractivity contribution in [1.29, 1.82) is 0 Å². The van der Waals surface area contributed by atoms with Gasteiger partial charge >= 0.3 is 5.97 Å². The molecule has 14 heavy (non-hydrogen) atoms. The van der Waals surface area contributed by atoms with Gasteiger partial charge in [0.25, 0.3) is 5.84 Å². The molecule has 76 valence electrons. The summed E-state index contributed by atoms with van der Waals surface area (Å²) in [6.45, 7) is 3.48. The highest BCUT2D eigenvalue weighted by Crippen LogP contribution is 1.92. The maximum absolute atomic E-state index is 10.7. The van der Waals surface area contributed by atoms with Gasteiger partial charge in [-0.25, -0.2) is 9.78 Å². The number of carboxylic acids is 1. The van der Waals surface area contributed by atoms with E-state index in [0.29, 0.717) is 0 Å².